The summed E-state index contributed by atoms with van der Waals surface area (Å²) < 4.78 is 79.7. The van der Waals surface area contributed by atoms with Crippen LogP contribution in [0.15, 0.2) is 48.5 Å². The van der Waals surface area contributed by atoms with Crippen molar-refractivity contribution >= 4 is 5.97 Å². The van der Waals surface area contributed by atoms with Gasteiger partial charge in [0.15, 0.2) is 0 Å². The second kappa shape index (κ2) is 8.29. The minimum Gasteiger partial charge on any atom is -0.481 e. The van der Waals surface area contributed by atoms with Crippen molar-refractivity contribution in [3.63, 3.8) is 0 Å². The molecule has 162 valence electrons. The highest BCUT2D eigenvalue weighted by molar-refractivity contribution is 5.70. The highest BCUT2D eigenvalue weighted by Crippen LogP contribution is 2.41. The molecule has 30 heavy (non-hydrogen) atoms. The van der Waals surface area contributed by atoms with E-state index in [-0.39, 0.29) is 37.1 Å². The molecular weight excluding hydrogens is 412 g/mol. The number of aliphatic carboxylic acids is 1. The molecule has 1 heterocycles. The maximum absolute atomic E-state index is 13.6. The van der Waals surface area contributed by atoms with Crippen LogP contribution in [-0.4, -0.2) is 29.1 Å². The summed E-state index contributed by atoms with van der Waals surface area (Å²) in [5, 5.41) is 9.18. The summed E-state index contributed by atoms with van der Waals surface area (Å²) in [5.41, 5.74) is -1.54. The fourth-order valence-electron chi connectivity index (χ4n) is 3.84. The zero-order chi connectivity index (χ0) is 22.1. The minimum atomic E-state index is -4.64. The molecule has 1 atom stereocenters. The van der Waals surface area contributed by atoms with Crippen molar-refractivity contribution in [2.24, 2.45) is 5.92 Å². The molecule has 2 aromatic rings. The van der Waals surface area contributed by atoms with Crippen LogP contribution in [0, 0.1) is 5.92 Å². The van der Waals surface area contributed by atoms with Crippen molar-refractivity contribution in [2.45, 2.75) is 31.2 Å². The van der Waals surface area contributed by atoms with Gasteiger partial charge in [0.2, 0.25) is 0 Å². The lowest BCUT2D eigenvalue weighted by molar-refractivity contribution is -0.143. The molecule has 1 aliphatic rings. The second-order valence-corrected chi connectivity index (χ2v) is 7.26. The van der Waals surface area contributed by atoms with Crippen molar-refractivity contribution in [3.8, 4) is 0 Å². The Bertz CT molecular complexity index is 884. The normalized spacial score (nSPS) is 17.7. The van der Waals surface area contributed by atoms with Gasteiger partial charge in [-0.25, -0.2) is 0 Å². The molecule has 3 rings (SSSR count). The first-order valence-corrected chi connectivity index (χ1v) is 9.28. The maximum atomic E-state index is 13.6. The van der Waals surface area contributed by atoms with Crippen LogP contribution in [-0.2, 0) is 17.1 Å². The number of alkyl halides is 6. The minimum absolute atomic E-state index is 0.0708. The smallest absolute Gasteiger partial charge is 0.416 e. The van der Waals surface area contributed by atoms with Crippen molar-refractivity contribution < 1.29 is 36.2 Å². The van der Waals surface area contributed by atoms with Crippen LogP contribution in [0.1, 0.15) is 41.1 Å². The number of rotatable bonds is 4. The average Bonchev–Trinajstić information content (AvgIpc) is 2.68. The van der Waals surface area contributed by atoms with E-state index < -0.39 is 41.4 Å². The van der Waals surface area contributed by atoms with Gasteiger partial charge in [-0.15, -0.1) is 0 Å². The van der Waals surface area contributed by atoms with E-state index >= 15 is 0 Å². The SMILES string of the molecule is O=C(O)C1CCN(C(c2ccc(C(F)(F)F)cc2)c2ccccc2C(F)(F)F)CC1. The van der Waals surface area contributed by atoms with E-state index in [1.807, 2.05) is 0 Å². The number of carboxylic acids is 1. The third-order valence-corrected chi connectivity index (χ3v) is 5.36. The van der Waals surface area contributed by atoms with Crippen molar-refractivity contribution in [1.29, 1.82) is 0 Å². The molecule has 3 nitrogen and oxygen atoms in total. The number of carboxylic acid groups (broad SMARTS) is 1. The summed E-state index contributed by atoms with van der Waals surface area (Å²) in [6, 6.07) is 8.09. The monoisotopic (exact) mass is 431 g/mol. The Morgan fingerprint density at radius 1 is 0.900 bits per heavy atom. The molecule has 1 N–H and O–H groups in total. The first-order valence-electron chi connectivity index (χ1n) is 9.28. The summed E-state index contributed by atoms with van der Waals surface area (Å²) in [6.45, 7) is 0.434. The highest BCUT2D eigenvalue weighted by Gasteiger charge is 2.38. The fourth-order valence-corrected chi connectivity index (χ4v) is 3.84. The first-order chi connectivity index (χ1) is 14.0. The second-order valence-electron chi connectivity index (χ2n) is 7.26. The molecule has 0 spiro atoms. The molecule has 1 fully saturated rings. The number of piperidine rings is 1. The van der Waals surface area contributed by atoms with Crippen LogP contribution in [0.4, 0.5) is 26.3 Å². The number of halogens is 6. The number of likely N-dealkylation sites (tertiary alicyclic amines) is 1. The Kier molecular flexibility index (Phi) is 6.12. The number of carbonyl (C=O) groups is 1. The van der Waals surface area contributed by atoms with Gasteiger partial charge in [-0.05, 0) is 55.3 Å². The van der Waals surface area contributed by atoms with E-state index in [0.29, 0.717) is 0 Å². The molecule has 1 aliphatic heterocycles. The van der Waals surface area contributed by atoms with E-state index in [2.05, 4.69) is 0 Å². The standard InChI is InChI=1S/C21H19F6NO2/c22-20(23,24)15-7-5-13(6-8-15)18(28-11-9-14(10-12-28)19(29)30)16-3-1-2-4-17(16)21(25,26)27/h1-8,14,18H,9-12H2,(H,29,30). The number of benzene rings is 2. The van der Waals surface area contributed by atoms with Gasteiger partial charge in [-0.1, -0.05) is 30.3 Å². The fraction of sp³-hybridized carbons (Fsp3) is 0.381. The molecule has 0 aliphatic carbocycles. The molecule has 1 unspecified atom stereocenters. The lowest BCUT2D eigenvalue weighted by atomic mass is 9.89. The van der Waals surface area contributed by atoms with Gasteiger partial charge in [0.05, 0.1) is 23.1 Å². The van der Waals surface area contributed by atoms with E-state index in [1.165, 1.54) is 30.3 Å². The predicted molar refractivity (Wildman–Crippen MR) is 96.7 cm³/mol. The van der Waals surface area contributed by atoms with Gasteiger partial charge in [-0.2, -0.15) is 26.3 Å². The molecule has 2 aromatic carbocycles. The van der Waals surface area contributed by atoms with Crippen LogP contribution >= 0.6 is 0 Å². The van der Waals surface area contributed by atoms with Gasteiger partial charge in [0.25, 0.3) is 0 Å². The van der Waals surface area contributed by atoms with Gasteiger partial charge in [-0.3, -0.25) is 9.69 Å². The van der Waals surface area contributed by atoms with E-state index in [1.54, 1.807) is 4.90 Å². The lowest BCUT2D eigenvalue weighted by Gasteiger charge is -2.38. The Balaban J connectivity index is 2.04. The summed E-state index contributed by atoms with van der Waals surface area (Å²) in [4.78, 5) is 12.9. The topological polar surface area (TPSA) is 40.5 Å². The number of hydrogen-bond acceptors (Lipinski definition) is 2. The molecular formula is C21H19F6NO2. The van der Waals surface area contributed by atoms with E-state index in [9.17, 15) is 36.2 Å². The maximum Gasteiger partial charge on any atom is 0.416 e. The molecule has 0 bridgehead atoms. The van der Waals surface area contributed by atoms with Crippen LogP contribution in [0.3, 0.4) is 0 Å². The van der Waals surface area contributed by atoms with Crippen LogP contribution in [0.2, 0.25) is 0 Å². The van der Waals surface area contributed by atoms with Crippen molar-refractivity contribution in [3.05, 3.63) is 70.8 Å². The molecule has 9 heteroatoms. The van der Waals surface area contributed by atoms with Gasteiger partial charge < -0.3 is 5.11 Å². The Morgan fingerprint density at radius 3 is 1.97 bits per heavy atom. The van der Waals surface area contributed by atoms with Gasteiger partial charge in [0.1, 0.15) is 0 Å². The third-order valence-electron chi connectivity index (χ3n) is 5.36. The predicted octanol–water partition coefficient (Wildman–Crippen LogP) is 5.61. The quantitative estimate of drug-likeness (QED) is 0.640. The number of hydrogen-bond donors (Lipinski definition) is 1. The zero-order valence-electron chi connectivity index (χ0n) is 15.7. The Labute approximate surface area is 168 Å². The molecule has 0 saturated carbocycles. The summed E-state index contributed by atoms with van der Waals surface area (Å²) >= 11 is 0. The van der Waals surface area contributed by atoms with Gasteiger partial charge >= 0.3 is 18.3 Å². The van der Waals surface area contributed by atoms with Gasteiger partial charge in [0, 0.05) is 0 Å². The van der Waals surface area contributed by atoms with Crippen LogP contribution in [0.25, 0.3) is 0 Å². The van der Waals surface area contributed by atoms with Crippen molar-refractivity contribution in [2.75, 3.05) is 13.1 Å². The average molecular weight is 431 g/mol. The summed E-state index contributed by atoms with van der Waals surface area (Å²) in [6.07, 6.45) is -8.70. The van der Waals surface area contributed by atoms with E-state index in [4.69, 9.17) is 0 Å². The molecule has 1 saturated heterocycles. The summed E-state index contributed by atoms with van der Waals surface area (Å²) in [5.74, 6) is -1.55. The lowest BCUT2D eigenvalue weighted by Crippen LogP contribution is -2.39. The van der Waals surface area contributed by atoms with Crippen LogP contribution < -0.4 is 0 Å². The third kappa shape index (κ3) is 4.77. The van der Waals surface area contributed by atoms with E-state index in [0.717, 1.165) is 18.2 Å². The highest BCUT2D eigenvalue weighted by atomic mass is 19.4. The first kappa shape index (κ1) is 22.1. The number of nitrogens with zero attached hydrogens (tertiary/aromatic N) is 1. The van der Waals surface area contributed by atoms with Crippen LogP contribution in [0.5, 0.6) is 0 Å². The van der Waals surface area contributed by atoms with Crippen molar-refractivity contribution in [1.82, 2.24) is 4.90 Å². The largest absolute Gasteiger partial charge is 0.481 e. The molecule has 0 aromatic heterocycles. The Hall–Kier alpha value is -2.55. The Morgan fingerprint density at radius 2 is 1.47 bits per heavy atom. The summed E-state index contributed by atoms with van der Waals surface area (Å²) in [7, 11) is 0. The molecule has 0 amide bonds. The molecule has 0 radical (unpaired) electrons. The zero-order valence-corrected chi connectivity index (χ0v) is 15.7.